The lowest BCUT2D eigenvalue weighted by molar-refractivity contribution is -0.116. The summed E-state index contributed by atoms with van der Waals surface area (Å²) in [5.74, 6) is -2.05. The lowest BCUT2D eigenvalue weighted by Crippen LogP contribution is -2.15. The number of amides is 1. The lowest BCUT2D eigenvalue weighted by Gasteiger charge is -2.08. The fourth-order valence-corrected chi connectivity index (χ4v) is 1.83. The SMILES string of the molecule is Nc1ccccc1CCC(=O)Nc1c(F)cccc1F. The maximum absolute atomic E-state index is 13.4. The number of halogens is 2. The summed E-state index contributed by atoms with van der Waals surface area (Å²) in [4.78, 5) is 11.7. The Morgan fingerprint density at radius 1 is 1.05 bits per heavy atom. The minimum atomic E-state index is -0.794. The monoisotopic (exact) mass is 276 g/mol. The van der Waals surface area contributed by atoms with E-state index in [4.69, 9.17) is 5.73 Å². The standard InChI is InChI=1S/C15H14F2N2O/c16-11-5-3-6-12(17)15(11)19-14(20)9-8-10-4-1-2-7-13(10)18/h1-7H,8-9,18H2,(H,19,20). The van der Waals surface area contributed by atoms with Crippen molar-refractivity contribution < 1.29 is 13.6 Å². The van der Waals surface area contributed by atoms with E-state index in [0.29, 0.717) is 12.1 Å². The molecule has 0 aliphatic heterocycles. The molecule has 2 aromatic rings. The minimum absolute atomic E-state index is 0.0992. The highest BCUT2D eigenvalue weighted by Crippen LogP contribution is 2.19. The fraction of sp³-hybridized carbons (Fsp3) is 0.133. The molecule has 5 heteroatoms. The van der Waals surface area contributed by atoms with Crippen molar-refractivity contribution in [2.45, 2.75) is 12.8 Å². The van der Waals surface area contributed by atoms with E-state index in [1.807, 2.05) is 12.1 Å². The molecule has 2 aromatic carbocycles. The van der Waals surface area contributed by atoms with Crippen LogP contribution in [0.3, 0.4) is 0 Å². The van der Waals surface area contributed by atoms with Crippen LogP contribution in [0, 0.1) is 11.6 Å². The second-order valence-electron chi connectivity index (χ2n) is 4.34. The molecular weight excluding hydrogens is 262 g/mol. The summed E-state index contributed by atoms with van der Waals surface area (Å²) in [6.07, 6.45) is 0.510. The van der Waals surface area contributed by atoms with Crippen molar-refractivity contribution >= 4 is 17.3 Å². The van der Waals surface area contributed by atoms with Crippen molar-refractivity contribution in [2.24, 2.45) is 0 Å². The first-order valence-electron chi connectivity index (χ1n) is 6.15. The first kappa shape index (κ1) is 14.0. The number of benzene rings is 2. The van der Waals surface area contributed by atoms with Crippen molar-refractivity contribution in [2.75, 3.05) is 11.1 Å². The van der Waals surface area contributed by atoms with Gasteiger partial charge in [0.1, 0.15) is 17.3 Å². The van der Waals surface area contributed by atoms with Gasteiger partial charge in [0.2, 0.25) is 5.91 Å². The summed E-state index contributed by atoms with van der Waals surface area (Å²) < 4.78 is 26.7. The molecule has 0 fully saturated rings. The molecule has 3 N–H and O–H groups in total. The number of aryl methyl sites for hydroxylation is 1. The van der Waals surface area contributed by atoms with Crippen molar-refractivity contribution in [1.82, 2.24) is 0 Å². The zero-order valence-electron chi connectivity index (χ0n) is 10.7. The summed E-state index contributed by atoms with van der Waals surface area (Å²) in [6.45, 7) is 0. The van der Waals surface area contributed by atoms with Crippen molar-refractivity contribution in [3.8, 4) is 0 Å². The van der Waals surface area contributed by atoms with Crippen LogP contribution >= 0.6 is 0 Å². The van der Waals surface area contributed by atoms with Gasteiger partial charge in [0.25, 0.3) is 0 Å². The van der Waals surface area contributed by atoms with Crippen molar-refractivity contribution in [3.05, 3.63) is 59.7 Å². The molecule has 0 bridgehead atoms. The van der Waals surface area contributed by atoms with E-state index >= 15 is 0 Å². The molecule has 0 aromatic heterocycles. The number of nitrogens with two attached hydrogens (primary N) is 1. The third kappa shape index (κ3) is 3.32. The molecule has 20 heavy (non-hydrogen) atoms. The number of hydrogen-bond acceptors (Lipinski definition) is 2. The Morgan fingerprint density at radius 2 is 1.70 bits per heavy atom. The number of nitrogen functional groups attached to an aromatic ring is 1. The van der Waals surface area contributed by atoms with Crippen LogP contribution in [0.15, 0.2) is 42.5 Å². The van der Waals surface area contributed by atoms with E-state index in [1.54, 1.807) is 12.1 Å². The summed E-state index contributed by atoms with van der Waals surface area (Å²) in [5, 5.41) is 2.24. The quantitative estimate of drug-likeness (QED) is 0.843. The largest absolute Gasteiger partial charge is 0.399 e. The zero-order valence-corrected chi connectivity index (χ0v) is 10.7. The van der Waals surface area contributed by atoms with Crippen LogP contribution in [-0.4, -0.2) is 5.91 Å². The average Bonchev–Trinajstić information content (AvgIpc) is 2.42. The molecule has 0 aliphatic rings. The van der Waals surface area contributed by atoms with Gasteiger partial charge in [0.15, 0.2) is 0 Å². The van der Waals surface area contributed by atoms with Gasteiger partial charge in [-0.3, -0.25) is 4.79 Å². The maximum Gasteiger partial charge on any atom is 0.224 e. The van der Waals surface area contributed by atoms with E-state index in [2.05, 4.69) is 5.32 Å². The first-order valence-corrected chi connectivity index (χ1v) is 6.15. The molecule has 0 radical (unpaired) electrons. The van der Waals surface area contributed by atoms with Gasteiger partial charge in [-0.25, -0.2) is 8.78 Å². The number of hydrogen-bond donors (Lipinski definition) is 2. The maximum atomic E-state index is 13.4. The highest BCUT2D eigenvalue weighted by Gasteiger charge is 2.12. The van der Waals surface area contributed by atoms with Crippen molar-refractivity contribution in [1.29, 1.82) is 0 Å². The molecule has 1 amide bonds. The third-order valence-electron chi connectivity index (χ3n) is 2.90. The van der Waals surface area contributed by atoms with E-state index in [0.717, 1.165) is 17.7 Å². The van der Waals surface area contributed by atoms with Crippen LogP contribution in [0.25, 0.3) is 0 Å². The molecule has 0 saturated carbocycles. The Balaban J connectivity index is 1.98. The number of para-hydroxylation sites is 2. The number of anilines is 2. The highest BCUT2D eigenvalue weighted by atomic mass is 19.1. The normalized spacial score (nSPS) is 10.3. The molecule has 0 saturated heterocycles. The molecule has 0 spiro atoms. The van der Waals surface area contributed by atoms with Crippen LogP contribution in [0.4, 0.5) is 20.2 Å². The van der Waals surface area contributed by atoms with Crippen LogP contribution in [-0.2, 0) is 11.2 Å². The molecular formula is C15H14F2N2O. The number of carbonyl (C=O) groups is 1. The highest BCUT2D eigenvalue weighted by molar-refractivity contribution is 5.91. The molecule has 0 heterocycles. The van der Waals surface area contributed by atoms with E-state index in [1.165, 1.54) is 6.07 Å². The number of rotatable bonds is 4. The van der Waals surface area contributed by atoms with Crippen LogP contribution in [0.5, 0.6) is 0 Å². The van der Waals surface area contributed by atoms with E-state index < -0.39 is 23.2 Å². The van der Waals surface area contributed by atoms with Crippen LogP contribution < -0.4 is 11.1 Å². The summed E-state index contributed by atoms with van der Waals surface area (Å²) in [5.41, 5.74) is 6.76. The van der Waals surface area contributed by atoms with Gasteiger partial charge >= 0.3 is 0 Å². The minimum Gasteiger partial charge on any atom is -0.399 e. The smallest absolute Gasteiger partial charge is 0.224 e. The molecule has 0 atom stereocenters. The molecule has 3 nitrogen and oxygen atoms in total. The summed E-state index contributed by atoms with van der Waals surface area (Å²) in [7, 11) is 0. The molecule has 0 aliphatic carbocycles. The van der Waals surface area contributed by atoms with Gasteiger partial charge < -0.3 is 11.1 Å². The average molecular weight is 276 g/mol. The lowest BCUT2D eigenvalue weighted by atomic mass is 10.1. The predicted molar refractivity (Wildman–Crippen MR) is 74.2 cm³/mol. The van der Waals surface area contributed by atoms with E-state index in [9.17, 15) is 13.6 Å². The molecule has 0 unspecified atom stereocenters. The topological polar surface area (TPSA) is 55.1 Å². The predicted octanol–water partition coefficient (Wildman–Crippen LogP) is 3.12. The Bertz CT molecular complexity index is 609. The Morgan fingerprint density at radius 3 is 2.35 bits per heavy atom. The Kier molecular flexibility index (Phi) is 4.30. The van der Waals surface area contributed by atoms with Gasteiger partial charge in [0.05, 0.1) is 0 Å². The van der Waals surface area contributed by atoms with Gasteiger partial charge in [-0.05, 0) is 30.2 Å². The van der Waals surface area contributed by atoms with Crippen LogP contribution in [0.1, 0.15) is 12.0 Å². The second-order valence-corrected chi connectivity index (χ2v) is 4.34. The second kappa shape index (κ2) is 6.14. The van der Waals surface area contributed by atoms with E-state index in [-0.39, 0.29) is 6.42 Å². The Hall–Kier alpha value is -2.43. The summed E-state index contributed by atoms with van der Waals surface area (Å²) in [6, 6.07) is 10.6. The third-order valence-corrected chi connectivity index (χ3v) is 2.90. The Labute approximate surface area is 115 Å². The van der Waals surface area contributed by atoms with Crippen molar-refractivity contribution in [3.63, 3.8) is 0 Å². The number of nitrogens with one attached hydrogen (secondary N) is 1. The van der Waals surface area contributed by atoms with Gasteiger partial charge in [-0.2, -0.15) is 0 Å². The summed E-state index contributed by atoms with van der Waals surface area (Å²) >= 11 is 0. The van der Waals surface area contributed by atoms with Gasteiger partial charge in [-0.1, -0.05) is 24.3 Å². The molecule has 104 valence electrons. The number of carbonyl (C=O) groups excluding carboxylic acids is 1. The fourth-order valence-electron chi connectivity index (χ4n) is 1.83. The molecule has 2 rings (SSSR count). The first-order chi connectivity index (χ1) is 9.58. The van der Waals surface area contributed by atoms with Crippen LogP contribution in [0.2, 0.25) is 0 Å². The van der Waals surface area contributed by atoms with Gasteiger partial charge in [0, 0.05) is 12.1 Å². The zero-order chi connectivity index (χ0) is 14.5. The van der Waals surface area contributed by atoms with Gasteiger partial charge in [-0.15, -0.1) is 0 Å².